The van der Waals surface area contributed by atoms with E-state index in [1.807, 2.05) is 9.80 Å². The highest BCUT2D eigenvalue weighted by Gasteiger charge is 2.37. The average Bonchev–Trinajstić information content (AvgIpc) is 3.39. The molecule has 2 aromatic rings. The van der Waals surface area contributed by atoms with Gasteiger partial charge in [-0.1, -0.05) is 47.5 Å². The van der Waals surface area contributed by atoms with Crippen LogP contribution in [-0.4, -0.2) is 84.0 Å². The molecule has 0 N–H and O–H groups in total. The second kappa shape index (κ2) is 9.88. The predicted molar refractivity (Wildman–Crippen MR) is 139 cm³/mol. The lowest BCUT2D eigenvalue weighted by atomic mass is 9.92. The van der Waals surface area contributed by atoms with Crippen LogP contribution in [0, 0.1) is 6.92 Å². The number of aryl methyl sites for hydroxylation is 1. The van der Waals surface area contributed by atoms with Gasteiger partial charge in [0.2, 0.25) is 0 Å². The minimum atomic E-state index is 0.206. The van der Waals surface area contributed by atoms with Gasteiger partial charge in [0.15, 0.2) is 0 Å². The number of piperazine rings is 1. The van der Waals surface area contributed by atoms with Gasteiger partial charge in [-0.2, -0.15) is 0 Å². The summed E-state index contributed by atoms with van der Waals surface area (Å²) in [7, 11) is 0. The maximum atomic E-state index is 12.6. The number of urea groups is 1. The first kappa shape index (κ1) is 23.7. The van der Waals surface area contributed by atoms with Crippen molar-refractivity contribution in [3.05, 3.63) is 69.7 Å². The Morgan fingerprint density at radius 2 is 1.65 bits per heavy atom. The zero-order valence-corrected chi connectivity index (χ0v) is 21.5. The van der Waals surface area contributed by atoms with E-state index in [9.17, 15) is 4.79 Å². The Balaban J connectivity index is 1.20. The molecule has 0 bridgehead atoms. The first-order valence-corrected chi connectivity index (χ1v) is 13.2. The Kier molecular flexibility index (Phi) is 6.88. The van der Waals surface area contributed by atoms with E-state index < -0.39 is 0 Å². The second-order valence-electron chi connectivity index (χ2n) is 10.4. The average molecular weight is 481 g/mol. The summed E-state index contributed by atoms with van der Waals surface area (Å²) in [5.74, 6) is 0.405. The number of amides is 2. The molecule has 2 atom stereocenters. The molecule has 34 heavy (non-hydrogen) atoms. The lowest BCUT2D eigenvalue weighted by Crippen LogP contribution is -2.49. The molecule has 2 fully saturated rings. The van der Waals surface area contributed by atoms with Crippen LogP contribution in [0.3, 0.4) is 0 Å². The Morgan fingerprint density at radius 1 is 0.912 bits per heavy atom. The van der Waals surface area contributed by atoms with Crippen molar-refractivity contribution in [3.63, 3.8) is 0 Å². The molecule has 6 heteroatoms. The number of benzene rings is 2. The second-order valence-corrected chi connectivity index (χ2v) is 10.9. The molecule has 2 aliphatic heterocycles. The van der Waals surface area contributed by atoms with Gasteiger partial charge in [-0.25, -0.2) is 4.79 Å². The number of hydrogen-bond acceptors (Lipinski definition) is 3. The summed E-state index contributed by atoms with van der Waals surface area (Å²) in [5, 5.41) is 0.828. The number of hydrogen-bond donors (Lipinski definition) is 0. The van der Waals surface area contributed by atoms with Crippen LogP contribution < -0.4 is 0 Å². The van der Waals surface area contributed by atoms with Crippen molar-refractivity contribution in [1.29, 1.82) is 0 Å². The predicted octanol–water partition coefficient (Wildman–Crippen LogP) is 4.99. The fourth-order valence-corrected chi connectivity index (χ4v) is 6.12. The zero-order chi connectivity index (χ0) is 23.8. The van der Waals surface area contributed by atoms with Gasteiger partial charge >= 0.3 is 6.03 Å². The van der Waals surface area contributed by atoms with E-state index in [1.165, 1.54) is 22.3 Å². The van der Waals surface area contributed by atoms with Crippen LogP contribution in [0.1, 0.15) is 54.5 Å². The summed E-state index contributed by atoms with van der Waals surface area (Å²) in [6, 6.07) is 16.4. The van der Waals surface area contributed by atoms with Crippen LogP contribution in [0.2, 0.25) is 5.02 Å². The fraction of sp³-hybridized carbons (Fsp3) is 0.536. The van der Waals surface area contributed by atoms with Crippen molar-refractivity contribution in [3.8, 4) is 0 Å². The highest BCUT2D eigenvalue weighted by atomic mass is 35.5. The molecule has 5 nitrogen and oxygen atoms in total. The van der Waals surface area contributed by atoms with E-state index in [-0.39, 0.29) is 12.1 Å². The SMILES string of the molecule is Cc1ccc([C@H]2C[C@H](N3CCN(CCN4CCN(C(C)C)C4=O)CC3)c3ccc(Cl)cc32)cc1. The van der Waals surface area contributed by atoms with Gasteiger partial charge in [0.25, 0.3) is 0 Å². The Bertz CT molecular complexity index is 1020. The van der Waals surface area contributed by atoms with E-state index in [0.717, 1.165) is 63.8 Å². The van der Waals surface area contributed by atoms with Crippen molar-refractivity contribution in [2.24, 2.45) is 0 Å². The number of carbonyl (C=O) groups is 1. The summed E-state index contributed by atoms with van der Waals surface area (Å²) in [6.45, 7) is 14.1. The van der Waals surface area contributed by atoms with Crippen LogP contribution in [0.5, 0.6) is 0 Å². The van der Waals surface area contributed by atoms with Gasteiger partial charge in [0, 0.05) is 75.4 Å². The van der Waals surface area contributed by atoms with Crippen molar-refractivity contribution in [1.82, 2.24) is 19.6 Å². The molecule has 5 rings (SSSR count). The highest BCUT2D eigenvalue weighted by molar-refractivity contribution is 6.30. The first-order valence-electron chi connectivity index (χ1n) is 12.8. The molecular formula is C28H37ClN4O. The van der Waals surface area contributed by atoms with Gasteiger partial charge in [-0.15, -0.1) is 0 Å². The third-order valence-electron chi connectivity index (χ3n) is 8.01. The standard InChI is InChI=1S/C28H37ClN4O/c1-20(2)33-17-16-32(28(33)34)15-12-30-10-13-31(14-11-30)27-19-25(22-6-4-21(3)5-7-22)26-18-23(29)8-9-24(26)27/h4-9,18,20,25,27H,10-17,19H2,1-3H3/t25-,27+/m1/s1. The van der Waals surface area contributed by atoms with Crippen LogP contribution in [0.4, 0.5) is 4.79 Å². The van der Waals surface area contributed by atoms with E-state index in [2.05, 4.69) is 73.0 Å². The van der Waals surface area contributed by atoms with Crippen molar-refractivity contribution < 1.29 is 4.79 Å². The lowest BCUT2D eigenvalue weighted by molar-refractivity contribution is 0.0900. The molecule has 0 aromatic heterocycles. The molecule has 0 spiro atoms. The van der Waals surface area contributed by atoms with Gasteiger partial charge in [-0.3, -0.25) is 9.80 Å². The lowest BCUT2D eigenvalue weighted by Gasteiger charge is -2.39. The van der Waals surface area contributed by atoms with E-state index >= 15 is 0 Å². The maximum Gasteiger partial charge on any atom is 0.320 e. The van der Waals surface area contributed by atoms with Gasteiger partial charge in [-0.05, 0) is 56.0 Å². The molecule has 2 heterocycles. The van der Waals surface area contributed by atoms with Gasteiger partial charge in [0.1, 0.15) is 0 Å². The minimum Gasteiger partial charge on any atom is -0.322 e. The van der Waals surface area contributed by atoms with Crippen molar-refractivity contribution in [2.75, 3.05) is 52.4 Å². The number of rotatable bonds is 6. The summed E-state index contributed by atoms with van der Waals surface area (Å²) >= 11 is 6.43. The number of carbonyl (C=O) groups excluding carboxylic acids is 1. The van der Waals surface area contributed by atoms with Crippen LogP contribution in [0.15, 0.2) is 42.5 Å². The van der Waals surface area contributed by atoms with E-state index in [0.29, 0.717) is 12.0 Å². The fourth-order valence-electron chi connectivity index (χ4n) is 5.94. The minimum absolute atomic E-state index is 0.206. The summed E-state index contributed by atoms with van der Waals surface area (Å²) in [6.07, 6.45) is 1.12. The molecule has 182 valence electrons. The van der Waals surface area contributed by atoms with Gasteiger partial charge < -0.3 is 9.80 Å². The summed E-state index contributed by atoms with van der Waals surface area (Å²) < 4.78 is 0. The number of fused-ring (bicyclic) bond motifs is 1. The van der Waals surface area contributed by atoms with Crippen LogP contribution in [0.25, 0.3) is 0 Å². The Hall–Kier alpha value is -2.08. The first-order chi connectivity index (χ1) is 16.4. The monoisotopic (exact) mass is 480 g/mol. The molecule has 0 radical (unpaired) electrons. The molecule has 2 amide bonds. The molecule has 2 aromatic carbocycles. The number of halogens is 1. The van der Waals surface area contributed by atoms with Gasteiger partial charge in [0.05, 0.1) is 0 Å². The molecular weight excluding hydrogens is 444 g/mol. The quantitative estimate of drug-likeness (QED) is 0.583. The third-order valence-corrected chi connectivity index (χ3v) is 8.24. The summed E-state index contributed by atoms with van der Waals surface area (Å²) in [5.41, 5.74) is 5.53. The van der Waals surface area contributed by atoms with Crippen LogP contribution >= 0.6 is 11.6 Å². The maximum absolute atomic E-state index is 12.6. The Morgan fingerprint density at radius 3 is 2.32 bits per heavy atom. The summed E-state index contributed by atoms with van der Waals surface area (Å²) in [4.78, 5) is 21.8. The molecule has 0 unspecified atom stereocenters. The molecule has 3 aliphatic rings. The third kappa shape index (κ3) is 4.71. The molecule has 0 saturated carbocycles. The van der Waals surface area contributed by atoms with Crippen molar-refractivity contribution >= 4 is 17.6 Å². The normalized spacial score (nSPS) is 23.9. The highest BCUT2D eigenvalue weighted by Crippen LogP contribution is 2.47. The van der Waals surface area contributed by atoms with E-state index in [1.54, 1.807) is 0 Å². The zero-order valence-electron chi connectivity index (χ0n) is 20.7. The number of nitrogens with zero attached hydrogens (tertiary/aromatic N) is 4. The molecule has 1 aliphatic carbocycles. The Labute approximate surface area is 209 Å². The largest absolute Gasteiger partial charge is 0.322 e. The topological polar surface area (TPSA) is 30.0 Å². The van der Waals surface area contributed by atoms with Crippen LogP contribution in [-0.2, 0) is 0 Å². The molecule has 2 saturated heterocycles. The van der Waals surface area contributed by atoms with E-state index in [4.69, 9.17) is 11.6 Å². The van der Waals surface area contributed by atoms with Crippen molar-refractivity contribution in [2.45, 2.75) is 45.2 Å². The smallest absolute Gasteiger partial charge is 0.320 e.